The van der Waals surface area contributed by atoms with Gasteiger partial charge in [-0.25, -0.2) is 17.5 Å². The number of carbonyl (C=O) groups excluding carboxylic acids is 1. The Morgan fingerprint density at radius 1 is 1.09 bits per heavy atom. The fourth-order valence-corrected chi connectivity index (χ4v) is 6.83. The number of piperidine rings is 1. The maximum absolute atomic E-state index is 14.0. The summed E-state index contributed by atoms with van der Waals surface area (Å²) in [7, 11) is -3.66. The van der Waals surface area contributed by atoms with Gasteiger partial charge in [0.25, 0.3) is 0 Å². The van der Waals surface area contributed by atoms with Gasteiger partial charge in [0.1, 0.15) is 17.3 Å². The van der Waals surface area contributed by atoms with Crippen LogP contribution in [-0.2, 0) is 16.6 Å². The largest absolute Gasteiger partial charge is 0.507 e. The molecular weight excluding hydrogens is 583 g/mol. The van der Waals surface area contributed by atoms with Gasteiger partial charge in [-0.2, -0.15) is 0 Å². The monoisotopic (exact) mass is 616 g/mol. The molecule has 5 aromatic rings. The van der Waals surface area contributed by atoms with Crippen LogP contribution in [0.5, 0.6) is 5.75 Å². The van der Waals surface area contributed by atoms with Crippen molar-refractivity contribution in [3.8, 4) is 28.1 Å². The van der Waals surface area contributed by atoms with Crippen molar-refractivity contribution in [3.63, 3.8) is 0 Å². The van der Waals surface area contributed by atoms with Crippen LogP contribution in [0.2, 0.25) is 0 Å². The Bertz CT molecular complexity index is 1910. The van der Waals surface area contributed by atoms with Gasteiger partial charge < -0.3 is 15.0 Å². The van der Waals surface area contributed by atoms with Gasteiger partial charge in [0.05, 0.1) is 16.8 Å². The number of carbonyl (C=O) groups is 1. The summed E-state index contributed by atoms with van der Waals surface area (Å²) in [6, 6.07) is 17.8. The molecule has 12 heteroatoms. The van der Waals surface area contributed by atoms with Crippen molar-refractivity contribution in [3.05, 3.63) is 84.4 Å². The Hall–Kier alpha value is -4.39. The van der Waals surface area contributed by atoms with Crippen molar-refractivity contribution in [1.82, 2.24) is 29.6 Å². The molecule has 0 radical (unpaired) electrons. The van der Waals surface area contributed by atoms with Gasteiger partial charge in [-0.1, -0.05) is 35.5 Å². The van der Waals surface area contributed by atoms with E-state index in [1.165, 1.54) is 19.1 Å². The summed E-state index contributed by atoms with van der Waals surface area (Å²) >= 11 is 0. The van der Waals surface area contributed by atoms with E-state index in [9.17, 15) is 22.7 Å². The molecule has 0 spiro atoms. The average Bonchev–Trinajstić information content (AvgIpc) is 3.62. The van der Waals surface area contributed by atoms with Gasteiger partial charge >= 0.3 is 0 Å². The summed E-state index contributed by atoms with van der Waals surface area (Å²) in [4.78, 5) is 17.8. The van der Waals surface area contributed by atoms with Crippen molar-refractivity contribution >= 4 is 26.7 Å². The maximum Gasteiger partial charge on any atom is 0.240 e. The number of halogens is 1. The van der Waals surface area contributed by atoms with Crippen LogP contribution in [0.4, 0.5) is 4.39 Å². The molecule has 228 valence electrons. The molecule has 6 rings (SSSR count). The van der Waals surface area contributed by atoms with Crippen LogP contribution in [0.3, 0.4) is 0 Å². The van der Waals surface area contributed by atoms with Crippen LogP contribution in [-0.4, -0.2) is 70.4 Å². The number of benzene rings is 3. The number of nitrogens with one attached hydrogen (secondary N) is 2. The number of rotatable bonds is 10. The number of phenols is 1. The van der Waals surface area contributed by atoms with E-state index in [-0.39, 0.29) is 22.2 Å². The van der Waals surface area contributed by atoms with Gasteiger partial charge in [0.15, 0.2) is 5.78 Å². The predicted octanol–water partition coefficient (Wildman–Crippen LogP) is 4.83. The van der Waals surface area contributed by atoms with Crippen molar-refractivity contribution in [2.45, 2.75) is 31.2 Å². The summed E-state index contributed by atoms with van der Waals surface area (Å²) < 4.78 is 44.2. The van der Waals surface area contributed by atoms with E-state index in [0.717, 1.165) is 31.5 Å². The summed E-state index contributed by atoms with van der Waals surface area (Å²) in [5.41, 5.74) is 3.50. The minimum atomic E-state index is -3.66. The molecule has 0 bridgehead atoms. The lowest BCUT2D eigenvalue weighted by molar-refractivity contribution is 0.101. The molecule has 0 amide bonds. The highest BCUT2D eigenvalue weighted by Gasteiger charge is 2.23. The molecular formula is C32H33FN6O4S. The smallest absolute Gasteiger partial charge is 0.240 e. The standard InChI is InChI=1S/C32H33FN6O4S/c1-21(40)32-31(27-18-24(33)8-11-28(27)35-32)29-20-39(37-36-29)19-22-12-15-38(16-13-22)17-14-34-44(42,43)25-9-6-23(7-10-25)26-4-2-3-5-30(26)41/h2-11,18,20,22,34-35,41H,12-17,19H2,1H3. The molecule has 3 N–H and O–H groups in total. The lowest BCUT2D eigenvalue weighted by Gasteiger charge is -2.31. The number of fused-ring (bicyclic) bond motifs is 1. The van der Waals surface area contributed by atoms with Gasteiger partial charge in [-0.15, -0.1) is 5.10 Å². The molecule has 0 aliphatic carbocycles. The van der Waals surface area contributed by atoms with E-state index < -0.39 is 10.0 Å². The highest BCUT2D eigenvalue weighted by Crippen LogP contribution is 2.33. The number of Topliss-reactive ketones (excluding diaryl/α,β-unsaturated/α-hetero) is 1. The molecule has 1 aliphatic heterocycles. The number of likely N-dealkylation sites (tertiary alicyclic amines) is 1. The number of nitrogens with zero attached hydrogens (tertiary/aromatic N) is 4. The molecule has 1 aliphatic rings. The first-order valence-corrected chi connectivity index (χ1v) is 16.0. The summed E-state index contributed by atoms with van der Waals surface area (Å²) in [6.45, 7) is 4.68. The molecule has 1 saturated heterocycles. The molecule has 10 nitrogen and oxygen atoms in total. The Balaban J connectivity index is 1.01. The molecule has 0 unspecified atom stereocenters. The highest BCUT2D eigenvalue weighted by molar-refractivity contribution is 7.89. The number of aromatic hydroxyl groups is 1. The number of sulfonamides is 1. The van der Waals surface area contributed by atoms with E-state index in [1.807, 2.05) is 6.07 Å². The minimum Gasteiger partial charge on any atom is -0.507 e. The fourth-order valence-electron chi connectivity index (χ4n) is 5.81. The van der Waals surface area contributed by atoms with Crippen LogP contribution >= 0.6 is 0 Å². The first kappa shape index (κ1) is 29.7. The summed E-state index contributed by atoms with van der Waals surface area (Å²) in [6.07, 6.45) is 3.65. The number of hydrogen-bond donors (Lipinski definition) is 3. The molecule has 0 atom stereocenters. The minimum absolute atomic E-state index is 0.141. The number of H-pyrrole nitrogens is 1. The second-order valence-corrected chi connectivity index (χ2v) is 12.9. The number of ketones is 1. The SMILES string of the molecule is CC(=O)c1[nH]c2ccc(F)cc2c1-c1cn(CC2CCN(CCNS(=O)(=O)c3ccc(-c4ccccc4O)cc3)CC2)nn1. The zero-order valence-corrected chi connectivity index (χ0v) is 25.0. The summed E-state index contributed by atoms with van der Waals surface area (Å²) in [5.74, 6) is -0.0441. The lowest BCUT2D eigenvalue weighted by atomic mass is 9.97. The Labute approximate surface area is 254 Å². The van der Waals surface area contributed by atoms with E-state index in [1.54, 1.807) is 59.4 Å². The molecule has 44 heavy (non-hydrogen) atoms. The van der Waals surface area contributed by atoms with Crippen LogP contribution in [0, 0.1) is 11.7 Å². The van der Waals surface area contributed by atoms with E-state index >= 15 is 0 Å². The number of aromatic nitrogens is 4. The highest BCUT2D eigenvalue weighted by atomic mass is 32.2. The Kier molecular flexibility index (Phi) is 8.30. The van der Waals surface area contributed by atoms with Gasteiger partial charge in [0.2, 0.25) is 10.0 Å². The average molecular weight is 617 g/mol. The van der Waals surface area contributed by atoms with Crippen LogP contribution in [0.15, 0.2) is 77.8 Å². The summed E-state index contributed by atoms with van der Waals surface area (Å²) in [5, 5.41) is 19.3. The lowest BCUT2D eigenvalue weighted by Crippen LogP contribution is -2.40. The van der Waals surface area contributed by atoms with Crippen molar-refractivity contribution in [2.75, 3.05) is 26.2 Å². The quantitative estimate of drug-likeness (QED) is 0.192. The van der Waals surface area contributed by atoms with Gasteiger partial charge in [-0.3, -0.25) is 9.48 Å². The molecule has 3 aromatic carbocycles. The van der Waals surface area contributed by atoms with Crippen molar-refractivity contribution < 1.29 is 22.7 Å². The fraction of sp³-hybridized carbons (Fsp3) is 0.281. The normalized spacial score (nSPS) is 14.8. The number of para-hydroxylation sites is 1. The second kappa shape index (κ2) is 12.3. The van der Waals surface area contributed by atoms with Crippen LogP contribution < -0.4 is 4.72 Å². The number of aromatic amines is 1. The van der Waals surface area contributed by atoms with Gasteiger partial charge in [0, 0.05) is 48.6 Å². The van der Waals surface area contributed by atoms with E-state index in [0.29, 0.717) is 59.0 Å². The van der Waals surface area contributed by atoms with Crippen LogP contribution in [0.25, 0.3) is 33.3 Å². The van der Waals surface area contributed by atoms with Gasteiger partial charge in [-0.05, 0) is 73.8 Å². The topological polar surface area (TPSA) is 133 Å². The molecule has 2 aromatic heterocycles. The third-order valence-electron chi connectivity index (χ3n) is 8.16. The first-order chi connectivity index (χ1) is 21.2. The third kappa shape index (κ3) is 6.28. The van der Waals surface area contributed by atoms with E-state index in [2.05, 4.69) is 24.9 Å². The number of phenolic OH excluding ortho intramolecular Hbond substituents is 1. The van der Waals surface area contributed by atoms with E-state index in [4.69, 9.17) is 0 Å². The Morgan fingerprint density at radius 2 is 1.84 bits per heavy atom. The zero-order chi connectivity index (χ0) is 30.8. The Morgan fingerprint density at radius 3 is 2.57 bits per heavy atom. The maximum atomic E-state index is 14.0. The third-order valence-corrected chi connectivity index (χ3v) is 9.64. The number of hydrogen-bond acceptors (Lipinski definition) is 7. The van der Waals surface area contributed by atoms with Crippen molar-refractivity contribution in [2.24, 2.45) is 5.92 Å². The molecule has 1 fully saturated rings. The molecule has 0 saturated carbocycles. The van der Waals surface area contributed by atoms with Crippen molar-refractivity contribution in [1.29, 1.82) is 0 Å². The first-order valence-electron chi connectivity index (χ1n) is 14.5. The second-order valence-electron chi connectivity index (χ2n) is 11.2. The molecule has 3 heterocycles. The zero-order valence-electron chi connectivity index (χ0n) is 24.2. The predicted molar refractivity (Wildman–Crippen MR) is 165 cm³/mol. The van der Waals surface area contributed by atoms with Crippen LogP contribution in [0.1, 0.15) is 30.3 Å².